The fourth-order valence-electron chi connectivity index (χ4n) is 1.20. The molecule has 0 bridgehead atoms. The van der Waals surface area contributed by atoms with Gasteiger partial charge in [0.05, 0.1) is 0 Å². The summed E-state index contributed by atoms with van der Waals surface area (Å²) in [6, 6.07) is 0. The van der Waals surface area contributed by atoms with E-state index in [0.717, 1.165) is 16.7 Å². The van der Waals surface area contributed by atoms with Gasteiger partial charge < -0.3 is 0 Å². The number of allylic oxidation sites excluding steroid dienone is 10. The van der Waals surface area contributed by atoms with Crippen molar-refractivity contribution in [3.63, 3.8) is 0 Å². The zero-order valence-electron chi connectivity index (χ0n) is 9.37. The molecule has 0 radical (unpaired) electrons. The van der Waals surface area contributed by atoms with Gasteiger partial charge >= 0.3 is 0 Å². The van der Waals surface area contributed by atoms with Gasteiger partial charge in [-0.2, -0.15) is 0 Å². The van der Waals surface area contributed by atoms with Gasteiger partial charge in [0.2, 0.25) is 0 Å². The molecule has 0 aliphatic heterocycles. The first-order valence-corrected chi connectivity index (χ1v) is 4.79. The molecule has 0 aliphatic carbocycles. The van der Waals surface area contributed by atoms with E-state index in [4.69, 9.17) is 0 Å². The normalized spacial score (nSPS) is 13.3. The SMILES string of the molecule is C=C\C=C/C(C)=C(C=C)/C(C=C)=C/C=C. The molecule has 0 rings (SSSR count). The van der Waals surface area contributed by atoms with Crippen LogP contribution in [0.3, 0.4) is 0 Å². The van der Waals surface area contributed by atoms with E-state index in [1.54, 1.807) is 18.2 Å². The molecule has 0 atom stereocenters. The fourth-order valence-corrected chi connectivity index (χ4v) is 1.20. The maximum Gasteiger partial charge on any atom is -0.0161 e. The van der Waals surface area contributed by atoms with Gasteiger partial charge in [-0.25, -0.2) is 0 Å². The second kappa shape index (κ2) is 7.57. The molecule has 78 valence electrons. The molecule has 0 amide bonds. The smallest absolute Gasteiger partial charge is 0.0161 e. The van der Waals surface area contributed by atoms with Crippen LogP contribution in [0, 0.1) is 0 Å². The highest BCUT2D eigenvalue weighted by molar-refractivity contribution is 5.51. The molecule has 0 unspecified atom stereocenters. The summed E-state index contributed by atoms with van der Waals surface area (Å²) in [5.41, 5.74) is 3.20. The highest BCUT2D eigenvalue weighted by Gasteiger charge is 1.99. The molecule has 0 heteroatoms. The van der Waals surface area contributed by atoms with Gasteiger partial charge in [0.15, 0.2) is 0 Å². The summed E-state index contributed by atoms with van der Waals surface area (Å²) in [6.07, 6.45) is 12.9. The maximum absolute atomic E-state index is 3.80. The Hall–Kier alpha value is -1.82. The summed E-state index contributed by atoms with van der Waals surface area (Å²) >= 11 is 0. The van der Waals surface area contributed by atoms with Gasteiger partial charge in [0.1, 0.15) is 0 Å². The topological polar surface area (TPSA) is 0 Å². The van der Waals surface area contributed by atoms with Crippen molar-refractivity contribution in [2.45, 2.75) is 6.92 Å². The molecule has 0 aromatic carbocycles. The second-order valence-corrected chi connectivity index (χ2v) is 2.96. The van der Waals surface area contributed by atoms with Crippen LogP contribution >= 0.6 is 0 Å². The summed E-state index contributed by atoms with van der Waals surface area (Å²) in [7, 11) is 0. The minimum absolute atomic E-state index is 1.02. The minimum atomic E-state index is 1.02. The molecule has 0 saturated heterocycles. The molecular weight excluding hydrogens is 180 g/mol. The van der Waals surface area contributed by atoms with Crippen molar-refractivity contribution in [3.05, 3.63) is 85.6 Å². The highest BCUT2D eigenvalue weighted by Crippen LogP contribution is 2.18. The quantitative estimate of drug-likeness (QED) is 0.550. The summed E-state index contributed by atoms with van der Waals surface area (Å²) in [6.45, 7) is 16.9. The number of hydrogen-bond donors (Lipinski definition) is 0. The van der Waals surface area contributed by atoms with E-state index in [0.29, 0.717) is 0 Å². The van der Waals surface area contributed by atoms with E-state index in [1.165, 1.54) is 0 Å². The highest BCUT2D eigenvalue weighted by atomic mass is 14.0. The zero-order valence-corrected chi connectivity index (χ0v) is 9.37. The van der Waals surface area contributed by atoms with Gasteiger partial charge in [-0.15, -0.1) is 0 Å². The lowest BCUT2D eigenvalue weighted by molar-refractivity contribution is 1.41. The monoisotopic (exact) mass is 198 g/mol. The first-order chi connectivity index (χ1) is 7.21. The molecule has 0 fully saturated rings. The van der Waals surface area contributed by atoms with Crippen LogP contribution in [0.25, 0.3) is 0 Å². The fraction of sp³-hybridized carbons (Fsp3) is 0.0667. The summed E-state index contributed by atoms with van der Waals surface area (Å²) in [5, 5.41) is 0. The summed E-state index contributed by atoms with van der Waals surface area (Å²) in [5.74, 6) is 0. The van der Waals surface area contributed by atoms with Crippen LogP contribution in [0.15, 0.2) is 85.6 Å². The molecule has 0 nitrogen and oxygen atoms in total. The van der Waals surface area contributed by atoms with Crippen LogP contribution in [0.1, 0.15) is 6.92 Å². The van der Waals surface area contributed by atoms with E-state index in [-0.39, 0.29) is 0 Å². The van der Waals surface area contributed by atoms with E-state index in [2.05, 4.69) is 26.3 Å². The van der Waals surface area contributed by atoms with Crippen molar-refractivity contribution >= 4 is 0 Å². The largest absolute Gasteiger partial charge is 0.0991 e. The average Bonchev–Trinajstić information content (AvgIpc) is 2.26. The lowest BCUT2D eigenvalue weighted by atomic mass is 10.00. The lowest BCUT2D eigenvalue weighted by Crippen LogP contribution is -1.86. The second-order valence-electron chi connectivity index (χ2n) is 2.96. The van der Waals surface area contributed by atoms with Crippen LogP contribution < -0.4 is 0 Å². The Morgan fingerprint density at radius 2 is 1.60 bits per heavy atom. The van der Waals surface area contributed by atoms with E-state index in [9.17, 15) is 0 Å². The Bertz CT molecular complexity index is 346. The molecule has 15 heavy (non-hydrogen) atoms. The van der Waals surface area contributed by atoms with Gasteiger partial charge in [0, 0.05) is 0 Å². The van der Waals surface area contributed by atoms with Crippen molar-refractivity contribution in [2.75, 3.05) is 0 Å². The Kier molecular flexibility index (Phi) is 6.65. The Labute approximate surface area is 93.0 Å². The third-order valence-electron chi connectivity index (χ3n) is 1.94. The van der Waals surface area contributed by atoms with Crippen molar-refractivity contribution in [2.24, 2.45) is 0 Å². The van der Waals surface area contributed by atoms with Crippen LogP contribution in [0.2, 0.25) is 0 Å². The van der Waals surface area contributed by atoms with Crippen LogP contribution in [-0.4, -0.2) is 0 Å². The van der Waals surface area contributed by atoms with Crippen LogP contribution in [0.4, 0.5) is 0 Å². The minimum Gasteiger partial charge on any atom is -0.0991 e. The van der Waals surface area contributed by atoms with E-state index >= 15 is 0 Å². The molecule has 0 aromatic rings. The van der Waals surface area contributed by atoms with Crippen LogP contribution in [-0.2, 0) is 0 Å². The third kappa shape index (κ3) is 4.28. The number of rotatable bonds is 6. The molecule has 0 aliphatic rings. The van der Waals surface area contributed by atoms with Crippen molar-refractivity contribution in [1.29, 1.82) is 0 Å². The first kappa shape index (κ1) is 13.2. The van der Waals surface area contributed by atoms with Gasteiger partial charge in [-0.3, -0.25) is 0 Å². The Morgan fingerprint density at radius 3 is 2.00 bits per heavy atom. The Morgan fingerprint density at radius 1 is 0.933 bits per heavy atom. The van der Waals surface area contributed by atoms with Crippen molar-refractivity contribution in [1.82, 2.24) is 0 Å². The van der Waals surface area contributed by atoms with E-state index in [1.807, 2.05) is 31.2 Å². The third-order valence-corrected chi connectivity index (χ3v) is 1.94. The molecule has 0 heterocycles. The summed E-state index contributed by atoms with van der Waals surface area (Å²) in [4.78, 5) is 0. The number of hydrogen-bond acceptors (Lipinski definition) is 0. The molecule has 0 N–H and O–H groups in total. The van der Waals surface area contributed by atoms with E-state index < -0.39 is 0 Å². The standard InChI is InChI=1S/C15H18/c1-6-10-12-13(5)15(9-4)14(8-3)11-7-2/h6-12H,1-4H2,5H3/b12-10-,14-11+,15-13+. The predicted molar refractivity (Wildman–Crippen MR) is 70.7 cm³/mol. The van der Waals surface area contributed by atoms with Gasteiger partial charge in [0.25, 0.3) is 0 Å². The van der Waals surface area contributed by atoms with Gasteiger partial charge in [-0.1, -0.05) is 68.8 Å². The predicted octanol–water partition coefficient (Wildman–Crippen LogP) is 4.53. The molecule has 0 spiro atoms. The summed E-state index contributed by atoms with van der Waals surface area (Å²) < 4.78 is 0. The Balaban J connectivity index is 5.35. The van der Waals surface area contributed by atoms with Gasteiger partial charge in [-0.05, 0) is 23.6 Å². The molecular formula is C15H18. The zero-order chi connectivity index (χ0) is 11.7. The van der Waals surface area contributed by atoms with Crippen molar-refractivity contribution < 1.29 is 0 Å². The van der Waals surface area contributed by atoms with Crippen LogP contribution in [0.5, 0.6) is 0 Å². The first-order valence-electron chi connectivity index (χ1n) is 4.79. The van der Waals surface area contributed by atoms with Crippen molar-refractivity contribution in [3.8, 4) is 0 Å². The molecule has 0 aromatic heterocycles. The average molecular weight is 198 g/mol. The lowest BCUT2D eigenvalue weighted by Gasteiger charge is -2.05. The maximum atomic E-state index is 3.80. The molecule has 0 saturated carbocycles.